The van der Waals surface area contributed by atoms with E-state index in [0.717, 1.165) is 35.3 Å². The third kappa shape index (κ3) is 5.74. The molecule has 184 valence electrons. The van der Waals surface area contributed by atoms with Crippen molar-refractivity contribution in [1.82, 2.24) is 4.57 Å². The summed E-state index contributed by atoms with van der Waals surface area (Å²) in [5, 5.41) is 22.4. The number of nitrogens with zero attached hydrogens (tertiary/aromatic N) is 3. The summed E-state index contributed by atoms with van der Waals surface area (Å²) in [5.41, 5.74) is 1.86. The molecule has 0 fully saturated rings. The molecule has 0 aliphatic rings. The van der Waals surface area contributed by atoms with Crippen molar-refractivity contribution < 1.29 is 28.4 Å². The number of methoxy groups -OCH3 is 1. The molecule has 0 aliphatic carbocycles. The molecule has 3 aromatic rings. The lowest BCUT2D eigenvalue weighted by Crippen LogP contribution is -2.22. The third-order valence-electron chi connectivity index (χ3n) is 5.21. The molecule has 0 saturated carbocycles. The van der Waals surface area contributed by atoms with Crippen molar-refractivity contribution in [3.8, 4) is 17.5 Å². The molecule has 1 aromatic heterocycles. The van der Waals surface area contributed by atoms with Crippen LogP contribution in [0.2, 0.25) is 0 Å². The average Bonchev–Trinajstić information content (AvgIpc) is 3.14. The number of amides is 1. The highest BCUT2D eigenvalue weighted by Gasteiger charge is 2.18. The van der Waals surface area contributed by atoms with Gasteiger partial charge in [0, 0.05) is 29.2 Å². The smallest absolute Gasteiger partial charge is 0.349 e. The van der Waals surface area contributed by atoms with Crippen LogP contribution in [0.15, 0.2) is 54.1 Å². The molecule has 3 rings (SSSR count). The summed E-state index contributed by atoms with van der Waals surface area (Å²) in [5.74, 6) is -2.18. The molecule has 0 aliphatic heterocycles. The molecule has 0 bridgehead atoms. The van der Waals surface area contributed by atoms with Crippen molar-refractivity contribution in [3.63, 3.8) is 0 Å². The number of halogens is 1. The van der Waals surface area contributed by atoms with Gasteiger partial charge in [0.05, 0.1) is 17.7 Å². The van der Waals surface area contributed by atoms with Gasteiger partial charge in [0.2, 0.25) is 0 Å². The summed E-state index contributed by atoms with van der Waals surface area (Å²) in [7, 11) is 1.57. The lowest BCUT2D eigenvalue weighted by Gasteiger charge is -2.10. The van der Waals surface area contributed by atoms with E-state index in [2.05, 4.69) is 5.32 Å². The number of rotatable bonds is 8. The Labute approximate surface area is 205 Å². The number of carbonyl (C=O) groups is 2. The summed E-state index contributed by atoms with van der Waals surface area (Å²) in [6.07, 6.45) is 1.35. The number of ether oxygens (including phenoxy) is 2. The lowest BCUT2D eigenvalue weighted by molar-refractivity contribution is -0.384. The minimum absolute atomic E-state index is 0.348. The number of nitrogens with one attached hydrogen (secondary N) is 1. The molecule has 1 heterocycles. The molecule has 2 aromatic carbocycles. The van der Waals surface area contributed by atoms with Crippen LogP contribution in [-0.2, 0) is 14.3 Å². The van der Waals surface area contributed by atoms with Crippen molar-refractivity contribution in [2.75, 3.05) is 19.0 Å². The maximum Gasteiger partial charge on any atom is 0.349 e. The minimum atomic E-state index is -1.05. The van der Waals surface area contributed by atoms with Gasteiger partial charge in [-0.15, -0.1) is 0 Å². The Balaban J connectivity index is 1.72. The predicted octanol–water partition coefficient (Wildman–Crippen LogP) is 4.24. The number of non-ortho nitro benzene ring substituents is 1. The monoisotopic (exact) mass is 492 g/mol. The molecule has 0 unspecified atom stereocenters. The number of benzene rings is 2. The number of carbonyl (C=O) groups excluding carboxylic acids is 2. The van der Waals surface area contributed by atoms with E-state index in [4.69, 9.17) is 9.47 Å². The second kappa shape index (κ2) is 11.0. The van der Waals surface area contributed by atoms with E-state index in [-0.39, 0.29) is 5.57 Å². The Hall–Kier alpha value is -4.98. The first-order valence-corrected chi connectivity index (χ1v) is 10.5. The highest BCUT2D eigenvalue weighted by Crippen LogP contribution is 2.25. The standard InChI is InChI=1S/C25H21FN4O6/c1-15-10-17(16(2)29(15)19-4-7-21(35-3)8-5-19)11-18(13-27)25(32)36-14-24(31)28-23-12-20(30(33)34)6-9-22(23)26/h4-12H,14H2,1-3H3,(H,28,31)/b18-11+. The van der Waals surface area contributed by atoms with Gasteiger partial charge in [0.15, 0.2) is 6.61 Å². The molecule has 0 radical (unpaired) electrons. The summed E-state index contributed by atoms with van der Waals surface area (Å²) in [6.45, 7) is 2.87. The van der Waals surface area contributed by atoms with Crippen LogP contribution in [0, 0.1) is 41.1 Å². The van der Waals surface area contributed by atoms with E-state index in [1.807, 2.05) is 42.7 Å². The zero-order chi connectivity index (χ0) is 26.4. The fourth-order valence-electron chi connectivity index (χ4n) is 3.47. The fraction of sp³-hybridized carbons (Fsp3) is 0.160. The van der Waals surface area contributed by atoms with Crippen LogP contribution in [0.4, 0.5) is 15.8 Å². The van der Waals surface area contributed by atoms with Gasteiger partial charge in [-0.3, -0.25) is 14.9 Å². The number of nitro benzene ring substituents is 1. The molecule has 0 spiro atoms. The fourth-order valence-corrected chi connectivity index (χ4v) is 3.47. The highest BCUT2D eigenvalue weighted by atomic mass is 19.1. The number of nitro groups is 1. The Morgan fingerprint density at radius 3 is 2.50 bits per heavy atom. The van der Waals surface area contributed by atoms with E-state index >= 15 is 0 Å². The zero-order valence-electron chi connectivity index (χ0n) is 19.6. The van der Waals surface area contributed by atoms with Crippen LogP contribution in [0.25, 0.3) is 11.8 Å². The predicted molar refractivity (Wildman–Crippen MR) is 128 cm³/mol. The maximum absolute atomic E-state index is 13.8. The number of aromatic nitrogens is 1. The van der Waals surface area contributed by atoms with Crippen LogP contribution >= 0.6 is 0 Å². The molecule has 0 saturated heterocycles. The molecular weight excluding hydrogens is 471 g/mol. The first-order chi connectivity index (χ1) is 17.1. The average molecular weight is 492 g/mol. The Morgan fingerprint density at radius 2 is 1.89 bits per heavy atom. The van der Waals surface area contributed by atoms with E-state index in [0.29, 0.717) is 11.3 Å². The van der Waals surface area contributed by atoms with E-state index in [1.165, 1.54) is 6.08 Å². The van der Waals surface area contributed by atoms with Gasteiger partial charge < -0.3 is 19.4 Å². The van der Waals surface area contributed by atoms with Gasteiger partial charge >= 0.3 is 5.97 Å². The van der Waals surface area contributed by atoms with Crippen LogP contribution in [0.1, 0.15) is 17.0 Å². The molecule has 0 atom stereocenters. The molecule has 1 amide bonds. The molecule has 11 heteroatoms. The quantitative estimate of drug-likeness (QED) is 0.163. The van der Waals surface area contributed by atoms with Crippen molar-refractivity contribution >= 4 is 29.3 Å². The first-order valence-electron chi connectivity index (χ1n) is 10.5. The second-order valence-electron chi connectivity index (χ2n) is 7.58. The summed E-state index contributed by atoms with van der Waals surface area (Å²) < 4.78 is 25.8. The Kier molecular flexibility index (Phi) is 7.81. The zero-order valence-corrected chi connectivity index (χ0v) is 19.6. The molecule has 1 N–H and O–H groups in total. The van der Waals surface area contributed by atoms with Crippen molar-refractivity contribution in [1.29, 1.82) is 5.26 Å². The van der Waals surface area contributed by atoms with Gasteiger partial charge in [0.25, 0.3) is 11.6 Å². The topological polar surface area (TPSA) is 136 Å². The van der Waals surface area contributed by atoms with E-state index < -0.39 is 40.6 Å². The number of aryl methyl sites for hydroxylation is 1. The van der Waals surface area contributed by atoms with Crippen molar-refractivity contribution in [2.45, 2.75) is 13.8 Å². The Morgan fingerprint density at radius 1 is 1.19 bits per heavy atom. The van der Waals surface area contributed by atoms with Crippen molar-refractivity contribution in [2.24, 2.45) is 0 Å². The third-order valence-corrected chi connectivity index (χ3v) is 5.21. The minimum Gasteiger partial charge on any atom is -0.497 e. The Bertz CT molecular complexity index is 1400. The van der Waals surface area contributed by atoms with Gasteiger partial charge in [-0.25, -0.2) is 9.18 Å². The molecule has 36 heavy (non-hydrogen) atoms. The van der Waals surface area contributed by atoms with E-state index in [9.17, 15) is 29.4 Å². The summed E-state index contributed by atoms with van der Waals surface area (Å²) in [6, 6.07) is 13.5. The van der Waals surface area contributed by atoms with Crippen LogP contribution in [-0.4, -0.2) is 35.1 Å². The van der Waals surface area contributed by atoms with Gasteiger partial charge in [-0.2, -0.15) is 5.26 Å². The van der Waals surface area contributed by atoms with Gasteiger partial charge in [-0.05, 0) is 61.9 Å². The largest absolute Gasteiger partial charge is 0.497 e. The molecule has 10 nitrogen and oxygen atoms in total. The van der Waals surface area contributed by atoms with Crippen LogP contribution in [0.3, 0.4) is 0 Å². The first kappa shape index (κ1) is 25.6. The summed E-state index contributed by atoms with van der Waals surface area (Å²) in [4.78, 5) is 34.6. The van der Waals surface area contributed by atoms with Crippen LogP contribution in [0.5, 0.6) is 5.75 Å². The number of hydrogen-bond acceptors (Lipinski definition) is 7. The number of nitriles is 1. The van der Waals surface area contributed by atoms with Gasteiger partial charge in [-0.1, -0.05) is 0 Å². The number of esters is 1. The van der Waals surface area contributed by atoms with Crippen molar-refractivity contribution in [3.05, 3.63) is 87.0 Å². The lowest BCUT2D eigenvalue weighted by atomic mass is 10.1. The highest BCUT2D eigenvalue weighted by molar-refractivity contribution is 6.00. The second-order valence-corrected chi connectivity index (χ2v) is 7.58. The van der Waals surface area contributed by atoms with Crippen LogP contribution < -0.4 is 10.1 Å². The maximum atomic E-state index is 13.8. The molecular formula is C25H21FN4O6. The summed E-state index contributed by atoms with van der Waals surface area (Å²) >= 11 is 0. The number of hydrogen-bond donors (Lipinski definition) is 1. The number of anilines is 1. The van der Waals surface area contributed by atoms with Gasteiger partial charge in [0.1, 0.15) is 23.2 Å². The van der Waals surface area contributed by atoms with E-state index in [1.54, 1.807) is 19.2 Å². The SMILES string of the molecule is COc1ccc(-n2c(C)cc(/C=C(\C#N)C(=O)OCC(=O)Nc3cc([N+](=O)[O-])ccc3F)c2C)cc1. The normalized spacial score (nSPS) is 10.9.